The van der Waals surface area contributed by atoms with Crippen molar-refractivity contribution in [3.8, 4) is 44.6 Å². The van der Waals surface area contributed by atoms with E-state index in [4.69, 9.17) is 0 Å². The number of hydrogen-bond donors (Lipinski definition) is 0. The molecule has 0 bridgehead atoms. The Labute approximate surface area is 335 Å². The maximum atomic E-state index is 2.49. The highest BCUT2D eigenvalue weighted by atomic mass is 15.1. The van der Waals surface area contributed by atoms with Crippen LogP contribution in [0.25, 0.3) is 66.3 Å². The van der Waals surface area contributed by atoms with Crippen LogP contribution in [0.3, 0.4) is 0 Å². The quantitative estimate of drug-likeness (QED) is 0.171. The van der Waals surface area contributed by atoms with Gasteiger partial charge in [0.15, 0.2) is 0 Å². The van der Waals surface area contributed by atoms with Crippen LogP contribution >= 0.6 is 0 Å². The average Bonchev–Trinajstić information content (AvgIpc) is 3.77. The predicted octanol–water partition coefficient (Wildman–Crippen LogP) is 14.7. The second-order valence-electron chi connectivity index (χ2n) is 17.0. The topological polar surface area (TPSA) is 8.17 Å². The van der Waals surface area contributed by atoms with E-state index >= 15 is 0 Å². The lowest BCUT2D eigenvalue weighted by Gasteiger charge is -2.30. The number of rotatable bonds is 5. The molecule has 2 aliphatic rings. The van der Waals surface area contributed by atoms with E-state index in [-0.39, 0.29) is 10.8 Å². The SMILES string of the molecule is Cn1c(-c2ccccc2)c(-c2cccc(N(c3ccc4c(c3)C(C)(C)c3ccccc3-4)c3ccc4c(c3)C(C)(C)c3ccccc3-4)c2)c2ccc3ccccc3c21. The van der Waals surface area contributed by atoms with Crippen LogP contribution in [0.15, 0.2) is 176 Å². The fourth-order valence-corrected chi connectivity index (χ4v) is 10.4. The van der Waals surface area contributed by atoms with Crippen LogP contribution in [0.1, 0.15) is 49.9 Å². The van der Waals surface area contributed by atoms with Crippen LogP contribution in [0, 0.1) is 0 Å². The summed E-state index contributed by atoms with van der Waals surface area (Å²) in [7, 11) is 2.23. The molecule has 2 aliphatic carbocycles. The van der Waals surface area contributed by atoms with Crippen molar-refractivity contribution in [1.82, 2.24) is 4.57 Å². The first kappa shape index (κ1) is 33.7. The van der Waals surface area contributed by atoms with E-state index < -0.39 is 0 Å². The van der Waals surface area contributed by atoms with Gasteiger partial charge in [0.2, 0.25) is 0 Å². The molecular weight excluding hydrogens is 689 g/mol. The van der Waals surface area contributed by atoms with Gasteiger partial charge in [0.1, 0.15) is 0 Å². The van der Waals surface area contributed by atoms with Crippen molar-refractivity contribution in [2.24, 2.45) is 7.05 Å². The predicted molar refractivity (Wildman–Crippen MR) is 241 cm³/mol. The number of hydrogen-bond acceptors (Lipinski definition) is 1. The van der Waals surface area contributed by atoms with E-state index in [9.17, 15) is 0 Å². The summed E-state index contributed by atoms with van der Waals surface area (Å²) in [5.74, 6) is 0. The Morgan fingerprint density at radius 1 is 0.404 bits per heavy atom. The molecular formula is C55H44N2. The minimum atomic E-state index is -0.118. The summed E-state index contributed by atoms with van der Waals surface area (Å²) < 4.78 is 2.41. The summed E-state index contributed by atoms with van der Waals surface area (Å²) in [6, 6.07) is 65.6. The molecule has 0 N–H and O–H groups in total. The summed E-state index contributed by atoms with van der Waals surface area (Å²) in [4.78, 5) is 2.49. The number of benzene rings is 8. The molecule has 2 heteroatoms. The molecule has 11 rings (SSSR count). The lowest BCUT2D eigenvalue weighted by molar-refractivity contribution is 0.660. The van der Waals surface area contributed by atoms with Crippen molar-refractivity contribution in [2.75, 3.05) is 4.90 Å². The molecule has 57 heavy (non-hydrogen) atoms. The summed E-state index contributed by atoms with van der Waals surface area (Å²) >= 11 is 0. The molecule has 0 saturated heterocycles. The molecule has 0 atom stereocenters. The Kier molecular flexibility index (Phi) is 7.20. The van der Waals surface area contributed by atoms with Crippen molar-refractivity contribution < 1.29 is 0 Å². The van der Waals surface area contributed by atoms with E-state index in [1.54, 1.807) is 0 Å². The fourth-order valence-electron chi connectivity index (χ4n) is 10.4. The van der Waals surface area contributed by atoms with Gasteiger partial charge in [0.05, 0.1) is 11.2 Å². The lowest BCUT2D eigenvalue weighted by Crippen LogP contribution is -2.18. The average molecular weight is 733 g/mol. The van der Waals surface area contributed by atoms with E-state index in [0.717, 1.165) is 17.1 Å². The van der Waals surface area contributed by atoms with Crippen LogP contribution in [-0.2, 0) is 17.9 Å². The van der Waals surface area contributed by atoms with Gasteiger partial charge in [0.25, 0.3) is 0 Å². The highest BCUT2D eigenvalue weighted by Gasteiger charge is 2.38. The molecule has 274 valence electrons. The van der Waals surface area contributed by atoms with Gasteiger partial charge in [-0.25, -0.2) is 0 Å². The summed E-state index contributed by atoms with van der Waals surface area (Å²) in [6.45, 7) is 9.49. The van der Waals surface area contributed by atoms with E-state index in [2.05, 4.69) is 220 Å². The van der Waals surface area contributed by atoms with Crippen molar-refractivity contribution in [3.05, 3.63) is 198 Å². The van der Waals surface area contributed by atoms with Crippen molar-refractivity contribution in [2.45, 2.75) is 38.5 Å². The van der Waals surface area contributed by atoms with Crippen LogP contribution in [-0.4, -0.2) is 4.57 Å². The lowest BCUT2D eigenvalue weighted by atomic mass is 9.82. The van der Waals surface area contributed by atoms with Crippen LogP contribution in [0.5, 0.6) is 0 Å². The van der Waals surface area contributed by atoms with Gasteiger partial charge in [0, 0.05) is 51.3 Å². The maximum absolute atomic E-state index is 2.49. The van der Waals surface area contributed by atoms with Crippen LogP contribution in [0.2, 0.25) is 0 Å². The number of aryl methyl sites for hydroxylation is 1. The van der Waals surface area contributed by atoms with Gasteiger partial charge in [-0.2, -0.15) is 0 Å². The van der Waals surface area contributed by atoms with Gasteiger partial charge in [-0.3, -0.25) is 0 Å². The third-order valence-corrected chi connectivity index (χ3v) is 13.2. The van der Waals surface area contributed by atoms with Crippen molar-refractivity contribution >= 4 is 38.7 Å². The molecule has 0 aliphatic heterocycles. The van der Waals surface area contributed by atoms with Gasteiger partial charge >= 0.3 is 0 Å². The number of aromatic nitrogens is 1. The van der Waals surface area contributed by atoms with Crippen LogP contribution in [0.4, 0.5) is 17.1 Å². The zero-order chi connectivity index (χ0) is 38.6. The smallest absolute Gasteiger partial charge is 0.0568 e. The molecule has 2 nitrogen and oxygen atoms in total. The molecule has 0 spiro atoms. The van der Waals surface area contributed by atoms with Gasteiger partial charge < -0.3 is 9.47 Å². The van der Waals surface area contributed by atoms with Gasteiger partial charge in [-0.05, 0) is 97.4 Å². The minimum absolute atomic E-state index is 0.118. The molecule has 0 amide bonds. The van der Waals surface area contributed by atoms with Crippen molar-refractivity contribution in [3.63, 3.8) is 0 Å². The molecule has 1 aromatic heterocycles. The first-order chi connectivity index (χ1) is 27.7. The molecule has 0 fully saturated rings. The molecule has 9 aromatic rings. The Bertz CT molecular complexity index is 2980. The fraction of sp³-hybridized carbons (Fsp3) is 0.127. The zero-order valence-corrected chi connectivity index (χ0v) is 33.1. The normalized spacial score (nSPS) is 14.3. The third kappa shape index (κ3) is 4.83. The third-order valence-electron chi connectivity index (χ3n) is 13.2. The molecule has 1 heterocycles. The van der Waals surface area contributed by atoms with Crippen LogP contribution < -0.4 is 4.90 Å². The number of fused-ring (bicyclic) bond motifs is 9. The first-order valence-corrected chi connectivity index (χ1v) is 20.2. The molecule has 0 saturated carbocycles. The highest BCUT2D eigenvalue weighted by molar-refractivity contribution is 6.15. The summed E-state index contributed by atoms with van der Waals surface area (Å²) in [5.41, 5.74) is 20.2. The minimum Gasteiger partial charge on any atom is -0.343 e. The van der Waals surface area contributed by atoms with E-state index in [0.29, 0.717) is 0 Å². The van der Waals surface area contributed by atoms with Crippen molar-refractivity contribution in [1.29, 1.82) is 0 Å². The highest BCUT2D eigenvalue weighted by Crippen LogP contribution is 2.53. The Morgan fingerprint density at radius 2 is 0.930 bits per heavy atom. The van der Waals surface area contributed by atoms with E-state index in [1.807, 2.05) is 0 Å². The molecule has 0 unspecified atom stereocenters. The Balaban J connectivity index is 1.15. The van der Waals surface area contributed by atoms with Gasteiger partial charge in [-0.15, -0.1) is 0 Å². The summed E-state index contributed by atoms with van der Waals surface area (Å²) in [6.07, 6.45) is 0. The number of anilines is 3. The van der Waals surface area contributed by atoms with E-state index in [1.165, 1.54) is 88.6 Å². The Morgan fingerprint density at radius 3 is 1.58 bits per heavy atom. The maximum Gasteiger partial charge on any atom is 0.0568 e. The second-order valence-corrected chi connectivity index (χ2v) is 17.0. The summed E-state index contributed by atoms with van der Waals surface area (Å²) in [5, 5.41) is 3.77. The molecule has 8 aromatic carbocycles. The monoisotopic (exact) mass is 732 g/mol. The molecule has 0 radical (unpaired) electrons. The Hall–Kier alpha value is -6.64. The largest absolute Gasteiger partial charge is 0.343 e. The zero-order valence-electron chi connectivity index (χ0n) is 33.1. The number of nitrogens with zero attached hydrogens (tertiary/aromatic N) is 2. The van der Waals surface area contributed by atoms with Gasteiger partial charge in [-0.1, -0.05) is 167 Å². The first-order valence-electron chi connectivity index (χ1n) is 20.2. The second kappa shape index (κ2) is 12.2. The standard InChI is InChI=1S/C55H44N2/c1-54(2)47-24-13-11-22-42(47)44-30-27-39(33-49(44)54)57(40-28-31-45-43-23-12-14-25-48(43)55(3,4)50(45)34-40)38-20-15-19-37(32-38)51-46-29-26-35-16-9-10-21-41(35)53(46)56(5)52(51)36-17-7-6-8-18-36/h6-34H,1-5H3.